The number of fused-ring (bicyclic) bond motifs is 5. The van der Waals surface area contributed by atoms with Gasteiger partial charge in [-0.05, 0) is 86.9 Å². The SMILES string of the molecule is CC(=O)OC1CC[C@@]2(C)C(CC[C@@H]3[C@H]2CC[C@@]2(C)[C@H]3CCC2(O)C#CCO)C1. The Balaban J connectivity index is 1.55. The van der Waals surface area contributed by atoms with Crippen molar-refractivity contribution < 1.29 is 19.7 Å². The lowest BCUT2D eigenvalue weighted by Crippen LogP contribution is -2.56. The van der Waals surface area contributed by atoms with Crippen LogP contribution in [0, 0.1) is 46.3 Å². The van der Waals surface area contributed by atoms with Crippen molar-refractivity contribution >= 4 is 5.97 Å². The van der Waals surface area contributed by atoms with Gasteiger partial charge < -0.3 is 14.9 Å². The second kappa shape index (κ2) is 7.03. The fraction of sp³-hybridized carbons (Fsp3) is 0.875. The maximum absolute atomic E-state index is 11.4. The van der Waals surface area contributed by atoms with Gasteiger partial charge in [-0.1, -0.05) is 25.7 Å². The second-order valence-electron chi connectivity index (χ2n) is 10.5. The van der Waals surface area contributed by atoms with Gasteiger partial charge in [-0.2, -0.15) is 0 Å². The summed E-state index contributed by atoms with van der Waals surface area (Å²) in [6.07, 6.45) is 9.66. The molecule has 0 spiro atoms. The number of hydrogen-bond donors (Lipinski definition) is 2. The lowest BCUT2D eigenvalue weighted by atomic mass is 9.44. The van der Waals surface area contributed by atoms with E-state index in [0.29, 0.717) is 29.1 Å². The van der Waals surface area contributed by atoms with Gasteiger partial charge in [-0.15, -0.1) is 0 Å². The fourth-order valence-corrected chi connectivity index (χ4v) is 7.97. The first kappa shape index (κ1) is 20.2. The highest BCUT2D eigenvalue weighted by atomic mass is 16.5. The van der Waals surface area contributed by atoms with Crippen LogP contribution in [0.1, 0.15) is 78.6 Å². The van der Waals surface area contributed by atoms with E-state index in [-0.39, 0.29) is 24.1 Å². The number of esters is 1. The second-order valence-corrected chi connectivity index (χ2v) is 10.5. The first-order valence-electron chi connectivity index (χ1n) is 11.2. The van der Waals surface area contributed by atoms with Gasteiger partial charge in [0.2, 0.25) is 0 Å². The highest BCUT2D eigenvalue weighted by Crippen LogP contribution is 2.68. The zero-order valence-corrected chi connectivity index (χ0v) is 17.7. The molecule has 0 radical (unpaired) electrons. The Labute approximate surface area is 169 Å². The van der Waals surface area contributed by atoms with Crippen LogP contribution in [0.4, 0.5) is 0 Å². The van der Waals surface area contributed by atoms with E-state index >= 15 is 0 Å². The molecule has 4 nitrogen and oxygen atoms in total. The van der Waals surface area contributed by atoms with E-state index < -0.39 is 5.60 Å². The molecule has 4 rings (SSSR count). The van der Waals surface area contributed by atoms with Crippen molar-refractivity contribution in [3.8, 4) is 11.8 Å². The molecule has 0 amide bonds. The Morgan fingerprint density at radius 3 is 2.54 bits per heavy atom. The summed E-state index contributed by atoms with van der Waals surface area (Å²) >= 11 is 0. The van der Waals surface area contributed by atoms with Gasteiger partial charge in [0.1, 0.15) is 18.3 Å². The van der Waals surface area contributed by atoms with Gasteiger partial charge >= 0.3 is 5.97 Å². The van der Waals surface area contributed by atoms with Crippen molar-refractivity contribution in [1.29, 1.82) is 0 Å². The van der Waals surface area contributed by atoms with Crippen LogP contribution >= 0.6 is 0 Å². The van der Waals surface area contributed by atoms with E-state index in [2.05, 4.69) is 25.7 Å². The lowest BCUT2D eigenvalue weighted by Gasteiger charge is -2.61. The number of hydrogen-bond acceptors (Lipinski definition) is 4. The van der Waals surface area contributed by atoms with Crippen LogP contribution in [0.3, 0.4) is 0 Å². The molecule has 0 saturated heterocycles. The number of aliphatic hydroxyl groups excluding tert-OH is 1. The molecule has 8 atom stereocenters. The summed E-state index contributed by atoms with van der Waals surface area (Å²) in [6, 6.07) is 0. The molecule has 4 heteroatoms. The standard InChI is InChI=1S/C24H36O4/c1-16(26)28-18-7-11-22(2)17(15-18)5-6-19-20(22)8-12-23(3)21(19)9-13-24(23,27)10-4-14-25/h17-21,25,27H,5-9,11-15H2,1-3H3/t17?,18?,19-,20-,21+,22+,23+,24?/m1/s1. The molecule has 0 aromatic heterocycles. The maximum atomic E-state index is 11.4. The molecule has 3 unspecified atom stereocenters. The third-order valence-electron chi connectivity index (χ3n) is 9.48. The molecule has 4 aliphatic carbocycles. The maximum Gasteiger partial charge on any atom is 0.302 e. The summed E-state index contributed by atoms with van der Waals surface area (Å²) in [5.41, 5.74) is -0.775. The number of ether oxygens (including phenoxy) is 1. The summed E-state index contributed by atoms with van der Waals surface area (Å²) in [5, 5.41) is 20.5. The first-order valence-corrected chi connectivity index (χ1v) is 11.2. The zero-order chi connectivity index (χ0) is 20.2. The Kier molecular flexibility index (Phi) is 5.08. The van der Waals surface area contributed by atoms with E-state index in [4.69, 9.17) is 9.84 Å². The highest BCUT2D eigenvalue weighted by Gasteiger charge is 2.64. The number of aliphatic hydroxyl groups is 2. The van der Waals surface area contributed by atoms with Gasteiger partial charge in [-0.25, -0.2) is 0 Å². The molecule has 4 aliphatic rings. The minimum atomic E-state index is -0.948. The summed E-state index contributed by atoms with van der Waals surface area (Å²) in [7, 11) is 0. The van der Waals surface area contributed by atoms with Crippen molar-refractivity contribution in [1.82, 2.24) is 0 Å². The van der Waals surface area contributed by atoms with E-state index in [0.717, 1.165) is 44.9 Å². The molecule has 4 saturated carbocycles. The smallest absolute Gasteiger partial charge is 0.302 e. The largest absolute Gasteiger partial charge is 0.463 e. The van der Waals surface area contributed by atoms with Crippen molar-refractivity contribution in [3.05, 3.63) is 0 Å². The summed E-state index contributed by atoms with van der Waals surface area (Å²) in [5.74, 6) is 8.17. The molecule has 2 N–H and O–H groups in total. The van der Waals surface area contributed by atoms with Gasteiger partial charge in [0, 0.05) is 12.3 Å². The average molecular weight is 389 g/mol. The van der Waals surface area contributed by atoms with Crippen molar-refractivity contribution in [3.63, 3.8) is 0 Å². The Morgan fingerprint density at radius 2 is 1.82 bits per heavy atom. The number of carbonyl (C=O) groups is 1. The molecule has 0 bridgehead atoms. The molecule has 0 aromatic carbocycles. The third-order valence-corrected chi connectivity index (χ3v) is 9.48. The summed E-state index contributed by atoms with van der Waals surface area (Å²) in [6.45, 7) is 6.08. The molecule has 156 valence electrons. The van der Waals surface area contributed by atoms with E-state index in [1.165, 1.54) is 19.8 Å². The Bertz CT molecular complexity index is 692. The van der Waals surface area contributed by atoms with Gasteiger partial charge in [0.25, 0.3) is 0 Å². The minimum absolute atomic E-state index is 0.103. The monoisotopic (exact) mass is 388 g/mol. The Hall–Kier alpha value is -1.05. The van der Waals surface area contributed by atoms with Crippen LogP contribution in [-0.4, -0.2) is 34.5 Å². The van der Waals surface area contributed by atoms with Gasteiger partial charge in [0.05, 0.1) is 0 Å². The van der Waals surface area contributed by atoms with Crippen LogP contribution in [0.25, 0.3) is 0 Å². The number of carbonyl (C=O) groups excluding carboxylic acids is 1. The quantitative estimate of drug-likeness (QED) is 0.531. The topological polar surface area (TPSA) is 66.8 Å². The summed E-state index contributed by atoms with van der Waals surface area (Å²) in [4.78, 5) is 11.4. The normalized spacial score (nSPS) is 49.8. The molecule has 0 heterocycles. The predicted molar refractivity (Wildman–Crippen MR) is 107 cm³/mol. The van der Waals surface area contributed by atoms with Gasteiger partial charge in [0.15, 0.2) is 0 Å². The molecule has 28 heavy (non-hydrogen) atoms. The number of rotatable bonds is 1. The molecule has 0 aromatic rings. The van der Waals surface area contributed by atoms with Crippen molar-refractivity contribution in [2.75, 3.05) is 6.61 Å². The molecule has 4 fully saturated rings. The fourth-order valence-electron chi connectivity index (χ4n) is 7.97. The van der Waals surface area contributed by atoms with Crippen LogP contribution in [0.15, 0.2) is 0 Å². The zero-order valence-electron chi connectivity index (χ0n) is 17.7. The molecular formula is C24H36O4. The summed E-state index contributed by atoms with van der Waals surface area (Å²) < 4.78 is 5.56. The first-order chi connectivity index (χ1) is 13.2. The van der Waals surface area contributed by atoms with E-state index in [1.54, 1.807) is 0 Å². The lowest BCUT2D eigenvalue weighted by molar-refractivity contribution is -0.164. The Morgan fingerprint density at radius 1 is 1.07 bits per heavy atom. The van der Waals surface area contributed by atoms with Crippen LogP contribution in [-0.2, 0) is 9.53 Å². The predicted octanol–water partition coefficient (Wildman–Crippen LogP) is 3.69. The van der Waals surface area contributed by atoms with Gasteiger partial charge in [-0.3, -0.25) is 4.79 Å². The third kappa shape index (κ3) is 2.92. The van der Waals surface area contributed by atoms with E-state index in [1.807, 2.05) is 0 Å². The van der Waals surface area contributed by atoms with E-state index in [9.17, 15) is 9.90 Å². The molecular weight excluding hydrogens is 352 g/mol. The van der Waals surface area contributed by atoms with Crippen LogP contribution in [0.2, 0.25) is 0 Å². The van der Waals surface area contributed by atoms with Crippen molar-refractivity contribution in [2.24, 2.45) is 34.5 Å². The average Bonchev–Trinajstić information content (AvgIpc) is 2.91. The van der Waals surface area contributed by atoms with Crippen LogP contribution < -0.4 is 0 Å². The highest BCUT2D eigenvalue weighted by molar-refractivity contribution is 5.66. The van der Waals surface area contributed by atoms with Crippen LogP contribution in [0.5, 0.6) is 0 Å². The van der Waals surface area contributed by atoms with Crippen molar-refractivity contribution in [2.45, 2.75) is 90.3 Å². The molecule has 0 aliphatic heterocycles. The minimum Gasteiger partial charge on any atom is -0.463 e.